The molecule has 0 radical (unpaired) electrons. The first-order chi connectivity index (χ1) is 9.76. The van der Waals surface area contributed by atoms with Gasteiger partial charge >= 0.3 is 5.97 Å². The molecule has 0 bridgehead atoms. The Morgan fingerprint density at radius 1 is 1.20 bits per heavy atom. The van der Waals surface area contributed by atoms with Crippen molar-refractivity contribution in [1.82, 2.24) is 0 Å². The molecule has 1 aromatic rings. The van der Waals surface area contributed by atoms with Crippen LogP contribution < -0.4 is 9.47 Å². The maximum Gasteiger partial charge on any atom is 0.312 e. The van der Waals surface area contributed by atoms with E-state index in [9.17, 15) is 4.79 Å². The summed E-state index contributed by atoms with van der Waals surface area (Å²) in [5.41, 5.74) is 0. The fourth-order valence-corrected chi connectivity index (χ4v) is 2.83. The normalized spacial score (nSPS) is 16.7. The van der Waals surface area contributed by atoms with E-state index in [1.165, 1.54) is 20.0 Å². The van der Waals surface area contributed by atoms with E-state index in [1.807, 2.05) is 24.3 Å². The Morgan fingerprint density at radius 2 is 1.85 bits per heavy atom. The number of hydrogen-bond donors (Lipinski definition) is 0. The van der Waals surface area contributed by atoms with Crippen LogP contribution in [0.5, 0.6) is 11.5 Å². The van der Waals surface area contributed by atoms with Gasteiger partial charge in [0.05, 0.1) is 20.1 Å². The van der Waals surface area contributed by atoms with Crippen molar-refractivity contribution in [1.29, 1.82) is 0 Å². The van der Waals surface area contributed by atoms with Crippen molar-refractivity contribution >= 4 is 5.97 Å². The van der Waals surface area contributed by atoms with Crippen molar-refractivity contribution < 1.29 is 19.0 Å². The lowest BCUT2D eigenvalue weighted by atomic mass is 9.91. The number of methoxy groups -OCH3 is 2. The molecule has 0 amide bonds. The molecular weight excluding hydrogens is 256 g/mol. The molecular formula is C16H22O4. The van der Waals surface area contributed by atoms with E-state index in [-0.39, 0.29) is 11.9 Å². The average molecular weight is 278 g/mol. The van der Waals surface area contributed by atoms with Crippen LogP contribution in [-0.2, 0) is 9.53 Å². The fraction of sp³-hybridized carbons (Fsp3) is 0.562. The Balaban J connectivity index is 2.02. The van der Waals surface area contributed by atoms with E-state index < -0.39 is 0 Å². The standard InChI is InChI=1S/C16H22O4/c1-18-14-9-5-6-10-15(14)20-11-13(16(17)19-2)12-7-3-4-8-12/h5-6,9-10,12-13H,3-4,7-8,11H2,1-2H3. The second-order valence-corrected chi connectivity index (χ2v) is 5.14. The van der Waals surface area contributed by atoms with E-state index in [1.54, 1.807) is 7.11 Å². The number of ether oxygens (including phenoxy) is 3. The molecule has 0 spiro atoms. The molecule has 2 rings (SSSR count). The summed E-state index contributed by atoms with van der Waals surface area (Å²) in [6.45, 7) is 0.345. The number of carbonyl (C=O) groups is 1. The number of benzene rings is 1. The molecule has 0 saturated heterocycles. The van der Waals surface area contributed by atoms with Crippen LogP contribution >= 0.6 is 0 Å². The largest absolute Gasteiger partial charge is 0.493 e. The molecule has 0 heterocycles. The molecule has 0 aliphatic heterocycles. The Kier molecular flexibility index (Phi) is 5.27. The molecule has 20 heavy (non-hydrogen) atoms. The second kappa shape index (κ2) is 7.17. The first-order valence-corrected chi connectivity index (χ1v) is 7.10. The van der Waals surface area contributed by atoms with Crippen molar-refractivity contribution in [3.8, 4) is 11.5 Å². The lowest BCUT2D eigenvalue weighted by Crippen LogP contribution is -2.29. The van der Waals surface area contributed by atoms with Gasteiger partial charge in [-0.3, -0.25) is 4.79 Å². The first kappa shape index (κ1) is 14.7. The summed E-state index contributed by atoms with van der Waals surface area (Å²) in [5.74, 6) is 1.36. The average Bonchev–Trinajstić information content (AvgIpc) is 3.01. The van der Waals surface area contributed by atoms with E-state index in [0.29, 0.717) is 24.0 Å². The van der Waals surface area contributed by atoms with Gasteiger partial charge in [-0.25, -0.2) is 0 Å². The zero-order valence-electron chi connectivity index (χ0n) is 12.1. The number of para-hydroxylation sites is 2. The van der Waals surface area contributed by atoms with Crippen LogP contribution in [0.1, 0.15) is 25.7 Å². The highest BCUT2D eigenvalue weighted by Crippen LogP contribution is 2.33. The molecule has 0 N–H and O–H groups in total. The summed E-state index contributed by atoms with van der Waals surface area (Å²) in [7, 11) is 3.05. The van der Waals surface area contributed by atoms with Gasteiger partial charge in [-0.05, 0) is 30.9 Å². The summed E-state index contributed by atoms with van der Waals surface area (Å²) in [6, 6.07) is 7.47. The molecule has 1 aromatic carbocycles. The maximum atomic E-state index is 11.9. The molecule has 110 valence electrons. The predicted molar refractivity (Wildman–Crippen MR) is 76.0 cm³/mol. The van der Waals surface area contributed by atoms with Crippen LogP contribution in [-0.4, -0.2) is 26.8 Å². The summed E-state index contributed by atoms with van der Waals surface area (Å²) in [4.78, 5) is 11.9. The molecule has 1 atom stereocenters. The summed E-state index contributed by atoms with van der Waals surface area (Å²) < 4.78 is 16.0. The Morgan fingerprint density at radius 3 is 2.45 bits per heavy atom. The van der Waals surface area contributed by atoms with Gasteiger partial charge in [0.1, 0.15) is 6.61 Å². The third kappa shape index (κ3) is 3.44. The number of esters is 1. The van der Waals surface area contributed by atoms with Gasteiger partial charge < -0.3 is 14.2 Å². The van der Waals surface area contributed by atoms with Gasteiger partial charge in [0.2, 0.25) is 0 Å². The highest BCUT2D eigenvalue weighted by atomic mass is 16.5. The quantitative estimate of drug-likeness (QED) is 0.750. The maximum absolute atomic E-state index is 11.9. The molecule has 1 aliphatic carbocycles. The topological polar surface area (TPSA) is 44.8 Å². The number of carbonyl (C=O) groups excluding carboxylic acids is 1. The minimum atomic E-state index is -0.188. The van der Waals surface area contributed by atoms with Gasteiger partial charge in [-0.2, -0.15) is 0 Å². The van der Waals surface area contributed by atoms with E-state index >= 15 is 0 Å². The van der Waals surface area contributed by atoms with Gasteiger partial charge in [0, 0.05) is 0 Å². The van der Waals surface area contributed by atoms with Crippen molar-refractivity contribution in [2.24, 2.45) is 11.8 Å². The number of hydrogen-bond acceptors (Lipinski definition) is 4. The van der Waals surface area contributed by atoms with Crippen molar-refractivity contribution in [3.63, 3.8) is 0 Å². The minimum absolute atomic E-state index is 0.174. The van der Waals surface area contributed by atoms with Gasteiger partial charge in [-0.15, -0.1) is 0 Å². The highest BCUT2D eigenvalue weighted by molar-refractivity contribution is 5.72. The fourth-order valence-electron chi connectivity index (χ4n) is 2.83. The van der Waals surface area contributed by atoms with Crippen LogP contribution in [0, 0.1) is 11.8 Å². The smallest absolute Gasteiger partial charge is 0.312 e. The van der Waals surface area contributed by atoms with Gasteiger partial charge in [-0.1, -0.05) is 25.0 Å². The molecule has 4 heteroatoms. The van der Waals surface area contributed by atoms with Gasteiger partial charge in [0.25, 0.3) is 0 Å². The van der Waals surface area contributed by atoms with Crippen LogP contribution in [0.15, 0.2) is 24.3 Å². The van der Waals surface area contributed by atoms with Crippen LogP contribution in [0.3, 0.4) is 0 Å². The molecule has 0 aromatic heterocycles. The minimum Gasteiger partial charge on any atom is -0.493 e. The Labute approximate surface area is 120 Å². The zero-order valence-corrected chi connectivity index (χ0v) is 12.1. The van der Waals surface area contributed by atoms with E-state index in [4.69, 9.17) is 14.2 Å². The first-order valence-electron chi connectivity index (χ1n) is 7.10. The molecule has 1 fully saturated rings. The predicted octanol–water partition coefficient (Wildman–Crippen LogP) is 3.05. The van der Waals surface area contributed by atoms with Crippen molar-refractivity contribution in [2.75, 3.05) is 20.8 Å². The SMILES string of the molecule is COC(=O)C(COc1ccccc1OC)C1CCCC1. The molecule has 1 saturated carbocycles. The lowest BCUT2D eigenvalue weighted by Gasteiger charge is -2.21. The molecule has 1 aliphatic rings. The molecule has 4 nitrogen and oxygen atoms in total. The summed E-state index contributed by atoms with van der Waals surface area (Å²) in [6.07, 6.45) is 4.53. The number of rotatable bonds is 6. The molecule has 1 unspecified atom stereocenters. The highest BCUT2D eigenvalue weighted by Gasteiger charge is 2.32. The lowest BCUT2D eigenvalue weighted by molar-refractivity contribution is -0.148. The Hall–Kier alpha value is -1.71. The van der Waals surface area contributed by atoms with Crippen molar-refractivity contribution in [2.45, 2.75) is 25.7 Å². The van der Waals surface area contributed by atoms with E-state index in [0.717, 1.165) is 12.8 Å². The third-order valence-electron chi connectivity index (χ3n) is 3.96. The monoisotopic (exact) mass is 278 g/mol. The Bertz CT molecular complexity index is 438. The van der Waals surface area contributed by atoms with Gasteiger partial charge in [0.15, 0.2) is 11.5 Å². The van der Waals surface area contributed by atoms with Crippen LogP contribution in [0.2, 0.25) is 0 Å². The van der Waals surface area contributed by atoms with E-state index in [2.05, 4.69) is 0 Å². The van der Waals surface area contributed by atoms with Crippen LogP contribution in [0.4, 0.5) is 0 Å². The summed E-state index contributed by atoms with van der Waals surface area (Å²) >= 11 is 0. The second-order valence-electron chi connectivity index (χ2n) is 5.14. The summed E-state index contributed by atoms with van der Waals surface area (Å²) in [5, 5.41) is 0. The van der Waals surface area contributed by atoms with Crippen molar-refractivity contribution in [3.05, 3.63) is 24.3 Å². The third-order valence-corrected chi connectivity index (χ3v) is 3.96. The van der Waals surface area contributed by atoms with Crippen LogP contribution in [0.25, 0.3) is 0 Å². The zero-order chi connectivity index (χ0) is 14.4.